The Balaban J connectivity index is 1.95. The molecule has 1 atom stereocenters. The summed E-state index contributed by atoms with van der Waals surface area (Å²) >= 11 is 1.71. The molecule has 0 spiro atoms. The van der Waals surface area contributed by atoms with Gasteiger partial charge in [0.15, 0.2) is 0 Å². The van der Waals surface area contributed by atoms with Crippen LogP contribution in [0.4, 0.5) is 0 Å². The van der Waals surface area contributed by atoms with Gasteiger partial charge in [-0.1, -0.05) is 25.1 Å². The summed E-state index contributed by atoms with van der Waals surface area (Å²) in [6, 6.07) is 15.5. The van der Waals surface area contributed by atoms with Crippen molar-refractivity contribution in [2.24, 2.45) is 0 Å². The lowest BCUT2D eigenvalue weighted by Gasteiger charge is -2.13. The first-order chi connectivity index (χ1) is 11.1. The molecular weight excluding hydrogens is 306 g/mol. The van der Waals surface area contributed by atoms with Crippen LogP contribution in [0.15, 0.2) is 53.4 Å². The normalized spacial score (nSPS) is 11.8. The van der Waals surface area contributed by atoms with Gasteiger partial charge in [0, 0.05) is 17.0 Å². The summed E-state index contributed by atoms with van der Waals surface area (Å²) in [5.41, 5.74) is 1.70. The lowest BCUT2D eigenvalue weighted by atomic mass is 10.2. The van der Waals surface area contributed by atoms with Crippen LogP contribution in [0.1, 0.15) is 36.2 Å². The zero-order valence-electron chi connectivity index (χ0n) is 13.8. The molecule has 0 aliphatic carbocycles. The van der Waals surface area contributed by atoms with Crippen molar-refractivity contribution < 1.29 is 9.53 Å². The molecule has 1 amide bonds. The molecule has 0 fully saturated rings. The zero-order chi connectivity index (χ0) is 16.7. The highest BCUT2D eigenvalue weighted by Gasteiger charge is 2.08. The third-order valence-corrected chi connectivity index (χ3v) is 4.36. The van der Waals surface area contributed by atoms with Gasteiger partial charge >= 0.3 is 0 Å². The molecule has 0 aromatic heterocycles. The number of rotatable bonds is 7. The van der Waals surface area contributed by atoms with Crippen LogP contribution in [0.5, 0.6) is 5.75 Å². The van der Waals surface area contributed by atoms with Gasteiger partial charge < -0.3 is 10.1 Å². The highest BCUT2D eigenvalue weighted by atomic mass is 32.2. The molecule has 0 radical (unpaired) electrons. The molecule has 1 N–H and O–H groups in total. The standard InChI is InChI=1S/C19H23NO2S/c1-4-14(2)22-17-7-5-6-16(12-17)19(21)20-13-15-8-10-18(23-3)11-9-15/h5-12,14H,4,13H2,1-3H3,(H,20,21). The third-order valence-electron chi connectivity index (χ3n) is 3.62. The average Bonchev–Trinajstić information content (AvgIpc) is 2.60. The van der Waals surface area contributed by atoms with Gasteiger partial charge in [0.25, 0.3) is 5.91 Å². The lowest BCUT2D eigenvalue weighted by molar-refractivity contribution is 0.0950. The first kappa shape index (κ1) is 17.4. The Hall–Kier alpha value is -1.94. The Morgan fingerprint density at radius 3 is 2.61 bits per heavy atom. The van der Waals surface area contributed by atoms with Crippen molar-refractivity contribution in [3.63, 3.8) is 0 Å². The van der Waals surface area contributed by atoms with Crippen LogP contribution in [0.3, 0.4) is 0 Å². The highest BCUT2D eigenvalue weighted by Crippen LogP contribution is 2.17. The number of carbonyl (C=O) groups is 1. The van der Waals surface area contributed by atoms with Gasteiger partial charge in [-0.2, -0.15) is 0 Å². The van der Waals surface area contributed by atoms with Gasteiger partial charge in [-0.25, -0.2) is 0 Å². The first-order valence-electron chi connectivity index (χ1n) is 7.80. The van der Waals surface area contributed by atoms with Crippen molar-refractivity contribution in [1.82, 2.24) is 5.32 Å². The minimum Gasteiger partial charge on any atom is -0.491 e. The van der Waals surface area contributed by atoms with E-state index in [9.17, 15) is 4.79 Å². The predicted octanol–water partition coefficient (Wildman–Crippen LogP) is 4.52. The van der Waals surface area contributed by atoms with E-state index in [1.54, 1.807) is 23.9 Å². The third kappa shape index (κ3) is 5.32. The molecule has 0 bridgehead atoms. The van der Waals surface area contributed by atoms with Crippen LogP contribution < -0.4 is 10.1 Å². The zero-order valence-corrected chi connectivity index (χ0v) is 14.7. The van der Waals surface area contributed by atoms with E-state index in [0.29, 0.717) is 12.1 Å². The van der Waals surface area contributed by atoms with Crippen molar-refractivity contribution >= 4 is 17.7 Å². The van der Waals surface area contributed by atoms with Crippen molar-refractivity contribution in [3.8, 4) is 5.75 Å². The van der Waals surface area contributed by atoms with Crippen molar-refractivity contribution in [3.05, 3.63) is 59.7 Å². The molecule has 23 heavy (non-hydrogen) atoms. The number of amides is 1. The number of benzene rings is 2. The Labute approximate surface area is 142 Å². The van der Waals surface area contributed by atoms with Crippen LogP contribution >= 0.6 is 11.8 Å². The van der Waals surface area contributed by atoms with E-state index in [2.05, 4.69) is 24.4 Å². The SMILES string of the molecule is CCC(C)Oc1cccc(C(=O)NCc2ccc(SC)cc2)c1. The number of ether oxygens (including phenoxy) is 1. The number of hydrogen-bond acceptors (Lipinski definition) is 3. The van der Waals surface area contributed by atoms with Gasteiger partial charge in [-0.3, -0.25) is 4.79 Å². The maximum absolute atomic E-state index is 12.3. The summed E-state index contributed by atoms with van der Waals surface area (Å²) in [6.45, 7) is 4.61. The summed E-state index contributed by atoms with van der Waals surface area (Å²) in [5, 5.41) is 2.95. The topological polar surface area (TPSA) is 38.3 Å². The van der Waals surface area contributed by atoms with E-state index in [4.69, 9.17) is 4.74 Å². The molecule has 4 heteroatoms. The van der Waals surface area contributed by atoms with Crippen LogP contribution in [-0.4, -0.2) is 18.3 Å². The Bertz CT molecular complexity index is 640. The fourth-order valence-electron chi connectivity index (χ4n) is 2.05. The Morgan fingerprint density at radius 1 is 1.22 bits per heavy atom. The molecule has 122 valence electrons. The first-order valence-corrected chi connectivity index (χ1v) is 9.02. The number of carbonyl (C=O) groups excluding carboxylic acids is 1. The number of nitrogens with one attached hydrogen (secondary N) is 1. The van der Waals surface area contributed by atoms with Gasteiger partial charge in [0.1, 0.15) is 5.75 Å². The molecule has 2 aromatic rings. The fourth-order valence-corrected chi connectivity index (χ4v) is 2.46. The minimum absolute atomic E-state index is 0.0893. The van der Waals surface area contributed by atoms with Gasteiger partial charge in [0.05, 0.1) is 6.10 Å². The second kappa shape index (κ2) is 8.63. The quantitative estimate of drug-likeness (QED) is 0.759. The molecule has 0 heterocycles. The van der Waals surface area contributed by atoms with E-state index in [-0.39, 0.29) is 12.0 Å². The fraction of sp³-hybridized carbons (Fsp3) is 0.316. The summed E-state index contributed by atoms with van der Waals surface area (Å²) in [5.74, 6) is 0.643. The van der Waals surface area contributed by atoms with Crippen LogP contribution in [0.25, 0.3) is 0 Å². The van der Waals surface area contributed by atoms with E-state index in [0.717, 1.165) is 17.7 Å². The number of hydrogen-bond donors (Lipinski definition) is 1. The van der Waals surface area contributed by atoms with Crippen LogP contribution in [0.2, 0.25) is 0 Å². The Morgan fingerprint density at radius 2 is 1.96 bits per heavy atom. The molecule has 0 saturated heterocycles. The van der Waals surface area contributed by atoms with Crippen molar-refractivity contribution in [1.29, 1.82) is 0 Å². The molecule has 1 unspecified atom stereocenters. The summed E-state index contributed by atoms with van der Waals surface area (Å²) in [7, 11) is 0. The smallest absolute Gasteiger partial charge is 0.251 e. The summed E-state index contributed by atoms with van der Waals surface area (Å²) in [6.07, 6.45) is 3.12. The lowest BCUT2D eigenvalue weighted by Crippen LogP contribution is -2.22. The molecule has 0 saturated carbocycles. The molecule has 0 aliphatic rings. The molecule has 0 aliphatic heterocycles. The monoisotopic (exact) mass is 329 g/mol. The highest BCUT2D eigenvalue weighted by molar-refractivity contribution is 7.98. The van der Waals surface area contributed by atoms with Gasteiger partial charge in [-0.15, -0.1) is 11.8 Å². The summed E-state index contributed by atoms with van der Waals surface area (Å²) < 4.78 is 5.76. The molecule has 2 aromatic carbocycles. The van der Waals surface area contributed by atoms with Crippen LogP contribution in [-0.2, 0) is 6.54 Å². The summed E-state index contributed by atoms with van der Waals surface area (Å²) in [4.78, 5) is 13.5. The second-order valence-corrected chi connectivity index (χ2v) is 6.27. The van der Waals surface area contributed by atoms with E-state index >= 15 is 0 Å². The maximum atomic E-state index is 12.3. The van der Waals surface area contributed by atoms with Crippen molar-refractivity contribution in [2.75, 3.05) is 6.26 Å². The van der Waals surface area contributed by atoms with Gasteiger partial charge in [0.2, 0.25) is 0 Å². The van der Waals surface area contributed by atoms with Crippen molar-refractivity contribution in [2.45, 2.75) is 37.8 Å². The van der Waals surface area contributed by atoms with E-state index in [1.165, 1.54) is 4.90 Å². The molecule has 3 nitrogen and oxygen atoms in total. The van der Waals surface area contributed by atoms with Gasteiger partial charge in [-0.05, 0) is 55.5 Å². The largest absolute Gasteiger partial charge is 0.491 e. The Kier molecular flexibility index (Phi) is 6.53. The average molecular weight is 329 g/mol. The maximum Gasteiger partial charge on any atom is 0.251 e. The number of thioether (sulfide) groups is 1. The van der Waals surface area contributed by atoms with E-state index < -0.39 is 0 Å². The van der Waals surface area contributed by atoms with E-state index in [1.807, 2.05) is 37.4 Å². The molecular formula is C19H23NO2S. The second-order valence-electron chi connectivity index (χ2n) is 5.40. The predicted molar refractivity (Wildman–Crippen MR) is 96.2 cm³/mol. The molecule has 2 rings (SSSR count). The minimum atomic E-state index is -0.0893. The van der Waals surface area contributed by atoms with Crippen LogP contribution in [0, 0.1) is 0 Å².